The Morgan fingerprint density at radius 2 is 2.05 bits per heavy atom. The third-order valence-corrected chi connectivity index (χ3v) is 4.58. The Morgan fingerprint density at radius 1 is 1.30 bits per heavy atom. The Bertz CT molecular complexity index is 488. The number of carbonyl (C=O) groups is 1. The van der Waals surface area contributed by atoms with Crippen molar-refractivity contribution in [2.75, 3.05) is 6.54 Å². The van der Waals surface area contributed by atoms with Gasteiger partial charge in [0.1, 0.15) is 5.82 Å². The van der Waals surface area contributed by atoms with Crippen LogP contribution in [0.1, 0.15) is 37.2 Å². The highest BCUT2D eigenvalue weighted by Gasteiger charge is 2.44. The summed E-state index contributed by atoms with van der Waals surface area (Å²) in [7, 11) is 0. The van der Waals surface area contributed by atoms with E-state index in [1.807, 2.05) is 0 Å². The van der Waals surface area contributed by atoms with Crippen LogP contribution in [0.15, 0.2) is 24.3 Å². The Labute approximate surface area is 118 Å². The molecule has 0 saturated heterocycles. The quantitative estimate of drug-likeness (QED) is 0.886. The van der Waals surface area contributed by atoms with E-state index in [-0.39, 0.29) is 35.6 Å². The van der Waals surface area contributed by atoms with Gasteiger partial charge < -0.3 is 10.4 Å². The number of carbonyl (C=O) groups excluding carboxylic acids is 1. The highest BCUT2D eigenvalue weighted by Crippen LogP contribution is 2.47. The van der Waals surface area contributed by atoms with Crippen molar-refractivity contribution < 1.29 is 14.3 Å². The van der Waals surface area contributed by atoms with E-state index in [0.717, 1.165) is 31.2 Å². The van der Waals surface area contributed by atoms with Crippen molar-refractivity contribution in [3.8, 4) is 0 Å². The third kappa shape index (κ3) is 2.85. The van der Waals surface area contributed by atoms with Crippen LogP contribution in [0.25, 0.3) is 0 Å². The monoisotopic (exact) mass is 277 g/mol. The van der Waals surface area contributed by atoms with Gasteiger partial charge in [0.15, 0.2) is 0 Å². The van der Waals surface area contributed by atoms with Gasteiger partial charge in [-0.25, -0.2) is 4.39 Å². The van der Waals surface area contributed by atoms with Crippen molar-refractivity contribution in [1.82, 2.24) is 5.32 Å². The van der Waals surface area contributed by atoms with E-state index < -0.39 is 0 Å². The molecule has 4 atom stereocenters. The van der Waals surface area contributed by atoms with Gasteiger partial charge in [-0.15, -0.1) is 0 Å². The molecule has 0 aliphatic heterocycles. The molecule has 1 amide bonds. The van der Waals surface area contributed by atoms with Crippen LogP contribution >= 0.6 is 0 Å². The maximum absolute atomic E-state index is 12.9. The normalized spacial score (nSPS) is 32.1. The van der Waals surface area contributed by atoms with Gasteiger partial charge in [0.2, 0.25) is 5.91 Å². The van der Waals surface area contributed by atoms with E-state index in [1.165, 1.54) is 12.1 Å². The molecule has 0 heterocycles. The smallest absolute Gasteiger partial charge is 0.223 e. The first-order valence-electron chi connectivity index (χ1n) is 7.36. The first kappa shape index (κ1) is 13.6. The van der Waals surface area contributed by atoms with Gasteiger partial charge in [-0.2, -0.15) is 0 Å². The summed E-state index contributed by atoms with van der Waals surface area (Å²) in [4.78, 5) is 12.1. The fourth-order valence-corrected chi connectivity index (χ4v) is 3.18. The van der Waals surface area contributed by atoms with Crippen molar-refractivity contribution in [3.63, 3.8) is 0 Å². The van der Waals surface area contributed by atoms with Crippen LogP contribution in [0.3, 0.4) is 0 Å². The number of rotatable bonds is 4. The number of aliphatic hydroxyl groups is 1. The molecule has 0 unspecified atom stereocenters. The summed E-state index contributed by atoms with van der Waals surface area (Å²) in [5.41, 5.74) is 1.03. The van der Waals surface area contributed by atoms with E-state index in [9.17, 15) is 14.3 Å². The Morgan fingerprint density at radius 3 is 2.70 bits per heavy atom. The number of benzene rings is 1. The first-order valence-corrected chi connectivity index (χ1v) is 7.36. The van der Waals surface area contributed by atoms with Crippen LogP contribution in [-0.2, 0) is 4.79 Å². The summed E-state index contributed by atoms with van der Waals surface area (Å²) in [6.45, 7) is 0.576. The van der Waals surface area contributed by atoms with Crippen molar-refractivity contribution >= 4 is 5.91 Å². The van der Waals surface area contributed by atoms with Crippen LogP contribution in [-0.4, -0.2) is 23.7 Å². The molecule has 2 N–H and O–H groups in total. The molecule has 2 aliphatic rings. The van der Waals surface area contributed by atoms with Gasteiger partial charge in [0.05, 0.1) is 6.10 Å². The second kappa shape index (κ2) is 5.52. The molecule has 0 spiro atoms. The predicted octanol–water partition coefficient (Wildman–Crippen LogP) is 2.21. The maximum atomic E-state index is 12.9. The Balaban J connectivity index is 1.49. The topological polar surface area (TPSA) is 49.3 Å². The van der Waals surface area contributed by atoms with Gasteiger partial charge >= 0.3 is 0 Å². The number of aliphatic hydroxyl groups excluding tert-OH is 1. The van der Waals surface area contributed by atoms with Crippen molar-refractivity contribution in [1.29, 1.82) is 0 Å². The molecule has 1 aromatic carbocycles. The number of halogens is 1. The summed E-state index contributed by atoms with van der Waals surface area (Å²) in [5, 5.41) is 12.7. The van der Waals surface area contributed by atoms with Gasteiger partial charge in [-0.3, -0.25) is 4.79 Å². The number of hydrogen-bond donors (Lipinski definition) is 2. The number of hydrogen-bond acceptors (Lipinski definition) is 2. The number of nitrogens with one attached hydrogen (secondary N) is 1. The predicted molar refractivity (Wildman–Crippen MR) is 73.6 cm³/mol. The van der Waals surface area contributed by atoms with Crippen molar-refractivity contribution in [2.45, 2.75) is 37.7 Å². The average Bonchev–Trinajstić information content (AvgIpc) is 3.14. The molecule has 0 bridgehead atoms. The zero-order valence-corrected chi connectivity index (χ0v) is 11.4. The Kier molecular flexibility index (Phi) is 3.74. The standard InChI is InChI=1S/C16H20FNO2/c17-12-6-4-10(5-7-12)13-8-14(13)16(20)18-9-11-2-1-3-15(11)19/h4-7,11,13-15,19H,1-3,8-9H2,(H,18,20)/t11-,13+,14+,15-/m0/s1. The summed E-state index contributed by atoms with van der Waals surface area (Å²) >= 11 is 0. The van der Waals surface area contributed by atoms with Crippen molar-refractivity contribution in [2.24, 2.45) is 11.8 Å². The third-order valence-electron chi connectivity index (χ3n) is 4.58. The summed E-state index contributed by atoms with van der Waals surface area (Å²) in [5.74, 6) is 0.272. The summed E-state index contributed by atoms with van der Waals surface area (Å²) in [6.07, 6.45) is 3.46. The van der Waals surface area contributed by atoms with Crippen LogP contribution in [0, 0.1) is 17.7 Å². The minimum Gasteiger partial charge on any atom is -0.393 e. The van der Waals surface area contributed by atoms with E-state index in [2.05, 4.69) is 5.32 Å². The van der Waals surface area contributed by atoms with E-state index in [4.69, 9.17) is 0 Å². The SMILES string of the molecule is O=C(NC[C@@H]1CCC[C@@H]1O)[C@@H]1C[C@@H]1c1ccc(F)cc1. The molecular formula is C16H20FNO2. The first-order chi connectivity index (χ1) is 9.65. The molecule has 0 aromatic heterocycles. The molecule has 20 heavy (non-hydrogen) atoms. The van der Waals surface area contributed by atoms with Crippen LogP contribution in [0.4, 0.5) is 4.39 Å². The molecule has 4 heteroatoms. The molecule has 108 valence electrons. The van der Waals surface area contributed by atoms with Gasteiger partial charge in [0.25, 0.3) is 0 Å². The fraction of sp³-hybridized carbons (Fsp3) is 0.562. The van der Waals surface area contributed by atoms with Crippen LogP contribution in [0.5, 0.6) is 0 Å². The van der Waals surface area contributed by atoms with E-state index in [1.54, 1.807) is 12.1 Å². The van der Waals surface area contributed by atoms with Gasteiger partial charge in [-0.1, -0.05) is 18.6 Å². The second-order valence-electron chi connectivity index (χ2n) is 6.00. The molecule has 1 aromatic rings. The molecule has 3 nitrogen and oxygen atoms in total. The van der Waals surface area contributed by atoms with Gasteiger partial charge in [0, 0.05) is 18.4 Å². The lowest BCUT2D eigenvalue weighted by molar-refractivity contribution is -0.122. The minimum absolute atomic E-state index is 0.0130. The lowest BCUT2D eigenvalue weighted by Gasteiger charge is -2.15. The maximum Gasteiger partial charge on any atom is 0.223 e. The lowest BCUT2D eigenvalue weighted by Crippen LogP contribution is -2.33. The van der Waals surface area contributed by atoms with Gasteiger partial charge in [-0.05, 0) is 42.9 Å². The molecule has 2 saturated carbocycles. The van der Waals surface area contributed by atoms with E-state index in [0.29, 0.717) is 6.54 Å². The van der Waals surface area contributed by atoms with Crippen LogP contribution in [0.2, 0.25) is 0 Å². The molecule has 2 aliphatic carbocycles. The summed E-state index contributed by atoms with van der Waals surface area (Å²) < 4.78 is 12.9. The summed E-state index contributed by atoms with van der Waals surface area (Å²) in [6, 6.07) is 6.40. The molecule has 0 radical (unpaired) electrons. The molecular weight excluding hydrogens is 257 g/mol. The minimum atomic E-state index is -0.262. The zero-order valence-electron chi connectivity index (χ0n) is 11.4. The fourth-order valence-electron chi connectivity index (χ4n) is 3.18. The average molecular weight is 277 g/mol. The lowest BCUT2D eigenvalue weighted by atomic mass is 10.1. The van der Waals surface area contributed by atoms with Crippen LogP contribution < -0.4 is 5.32 Å². The molecule has 3 rings (SSSR count). The second-order valence-corrected chi connectivity index (χ2v) is 6.00. The highest BCUT2D eigenvalue weighted by molar-refractivity contribution is 5.82. The van der Waals surface area contributed by atoms with Crippen molar-refractivity contribution in [3.05, 3.63) is 35.6 Å². The zero-order chi connectivity index (χ0) is 14.1. The molecule has 2 fully saturated rings. The highest BCUT2D eigenvalue weighted by atomic mass is 19.1. The largest absolute Gasteiger partial charge is 0.393 e. The van der Waals surface area contributed by atoms with E-state index >= 15 is 0 Å². The Hall–Kier alpha value is -1.42. The number of amides is 1.